The van der Waals surface area contributed by atoms with Gasteiger partial charge in [-0.1, -0.05) is 0 Å². The minimum atomic E-state index is 0.0237. The lowest BCUT2D eigenvalue weighted by Crippen LogP contribution is -2.38. The molecule has 1 aromatic heterocycles. The minimum absolute atomic E-state index is 0.0237. The number of benzene rings is 1. The molecule has 0 aliphatic carbocycles. The van der Waals surface area contributed by atoms with E-state index in [4.69, 9.17) is 10.5 Å². The number of likely N-dealkylation sites (tertiary alicyclic amines) is 1. The number of piperidine rings is 1. The Bertz CT molecular complexity index is 746. The van der Waals surface area contributed by atoms with Crippen molar-refractivity contribution in [2.45, 2.75) is 26.3 Å². The van der Waals surface area contributed by atoms with Gasteiger partial charge in [-0.15, -0.1) is 0 Å². The van der Waals surface area contributed by atoms with Crippen LogP contribution in [0.1, 0.15) is 34.3 Å². The number of methoxy groups -OCH3 is 1. The number of ether oxygens (including phenoxy) is 1. The van der Waals surface area contributed by atoms with Gasteiger partial charge in [-0.25, -0.2) is 9.97 Å². The molecule has 0 saturated carbocycles. The van der Waals surface area contributed by atoms with Crippen molar-refractivity contribution in [3.05, 3.63) is 47.3 Å². The van der Waals surface area contributed by atoms with Crippen LogP contribution < -0.4 is 10.5 Å². The Hall–Kier alpha value is -2.47. The second kappa shape index (κ2) is 7.61. The summed E-state index contributed by atoms with van der Waals surface area (Å²) in [5.41, 5.74) is 8.31. The first-order valence-corrected chi connectivity index (χ1v) is 8.54. The molecule has 1 saturated heterocycles. The number of hydrogen-bond acceptors (Lipinski definition) is 6. The summed E-state index contributed by atoms with van der Waals surface area (Å²) in [6.07, 6.45) is 5.45. The quantitative estimate of drug-likeness (QED) is 0.842. The van der Waals surface area contributed by atoms with Gasteiger partial charge < -0.3 is 10.5 Å². The number of carbonyl (C=O) groups is 1. The number of aromatic nitrogens is 2. The number of aryl methyl sites for hydroxylation is 1. The molecule has 6 heteroatoms. The van der Waals surface area contributed by atoms with Gasteiger partial charge in [0.05, 0.1) is 7.11 Å². The van der Waals surface area contributed by atoms with Crippen molar-refractivity contribution in [1.82, 2.24) is 14.9 Å². The Morgan fingerprint density at radius 2 is 2.12 bits per heavy atom. The molecular formula is C19H24N4O2. The van der Waals surface area contributed by atoms with Crippen LogP contribution in [0.5, 0.6) is 5.75 Å². The molecule has 2 aromatic rings. The molecule has 2 heterocycles. The van der Waals surface area contributed by atoms with E-state index in [1.165, 1.54) is 0 Å². The monoisotopic (exact) mass is 340 g/mol. The Kier molecular flexibility index (Phi) is 5.28. The number of rotatable bonds is 5. The molecule has 3 rings (SSSR count). The summed E-state index contributed by atoms with van der Waals surface area (Å²) < 4.78 is 5.23. The van der Waals surface area contributed by atoms with Gasteiger partial charge in [-0.05, 0) is 50.1 Å². The van der Waals surface area contributed by atoms with Crippen molar-refractivity contribution in [3.63, 3.8) is 0 Å². The zero-order valence-electron chi connectivity index (χ0n) is 14.7. The first kappa shape index (κ1) is 17.4. The van der Waals surface area contributed by atoms with E-state index in [1.807, 2.05) is 25.1 Å². The lowest BCUT2D eigenvalue weighted by molar-refractivity contribution is 0.0810. The van der Waals surface area contributed by atoms with Gasteiger partial charge in [0.15, 0.2) is 5.78 Å². The van der Waals surface area contributed by atoms with Crippen LogP contribution in [0.15, 0.2) is 30.6 Å². The highest BCUT2D eigenvalue weighted by Gasteiger charge is 2.27. The lowest BCUT2D eigenvalue weighted by Gasteiger charge is -2.32. The van der Waals surface area contributed by atoms with Crippen LogP contribution in [0.25, 0.3) is 0 Å². The summed E-state index contributed by atoms with van der Waals surface area (Å²) in [6.45, 7) is 4.44. The first-order valence-electron chi connectivity index (χ1n) is 8.54. The molecule has 1 aliphatic heterocycles. The molecule has 0 amide bonds. The van der Waals surface area contributed by atoms with Crippen LogP contribution in [0.3, 0.4) is 0 Å². The number of ketones is 1. The molecule has 0 radical (unpaired) electrons. The van der Waals surface area contributed by atoms with Crippen LogP contribution >= 0.6 is 0 Å². The van der Waals surface area contributed by atoms with E-state index in [0.717, 1.165) is 54.9 Å². The normalized spacial score (nSPS) is 18.1. The fraction of sp³-hybridized carbons (Fsp3) is 0.421. The highest BCUT2D eigenvalue weighted by molar-refractivity contribution is 5.99. The van der Waals surface area contributed by atoms with Gasteiger partial charge in [0.1, 0.15) is 5.75 Å². The predicted octanol–water partition coefficient (Wildman–Crippen LogP) is 2.47. The third-order valence-electron chi connectivity index (χ3n) is 4.71. The van der Waals surface area contributed by atoms with Crippen molar-refractivity contribution in [2.75, 3.05) is 25.9 Å². The van der Waals surface area contributed by atoms with E-state index in [1.54, 1.807) is 19.5 Å². The fourth-order valence-electron chi connectivity index (χ4n) is 3.38. The van der Waals surface area contributed by atoms with E-state index in [2.05, 4.69) is 14.9 Å². The number of carbonyl (C=O) groups excluding carboxylic acids is 1. The van der Waals surface area contributed by atoms with Crippen LogP contribution in [0.2, 0.25) is 0 Å². The van der Waals surface area contributed by atoms with Gasteiger partial charge in [0.2, 0.25) is 5.95 Å². The highest BCUT2D eigenvalue weighted by Crippen LogP contribution is 2.25. The molecule has 2 N–H and O–H groups in total. The molecule has 0 spiro atoms. The first-order chi connectivity index (χ1) is 12.1. The average molecular weight is 340 g/mol. The number of anilines is 1. The smallest absolute Gasteiger partial charge is 0.219 e. The Balaban J connectivity index is 1.68. The largest absolute Gasteiger partial charge is 0.497 e. The van der Waals surface area contributed by atoms with Crippen molar-refractivity contribution in [1.29, 1.82) is 0 Å². The highest BCUT2D eigenvalue weighted by atomic mass is 16.5. The Morgan fingerprint density at radius 3 is 2.80 bits per heavy atom. The van der Waals surface area contributed by atoms with E-state index in [0.29, 0.717) is 0 Å². The summed E-state index contributed by atoms with van der Waals surface area (Å²) in [4.78, 5) is 23.3. The third kappa shape index (κ3) is 4.14. The molecule has 6 nitrogen and oxygen atoms in total. The minimum Gasteiger partial charge on any atom is -0.497 e. The van der Waals surface area contributed by atoms with Crippen molar-refractivity contribution in [2.24, 2.45) is 5.92 Å². The van der Waals surface area contributed by atoms with E-state index < -0.39 is 0 Å². The number of Topliss-reactive ketones (excluding diaryl/α,β-unsaturated/α-hetero) is 1. The Morgan fingerprint density at radius 1 is 1.36 bits per heavy atom. The van der Waals surface area contributed by atoms with Crippen LogP contribution in [-0.2, 0) is 6.54 Å². The molecule has 1 unspecified atom stereocenters. The molecule has 1 atom stereocenters. The van der Waals surface area contributed by atoms with Crippen LogP contribution in [-0.4, -0.2) is 40.9 Å². The van der Waals surface area contributed by atoms with Gasteiger partial charge in [0.25, 0.3) is 0 Å². The zero-order chi connectivity index (χ0) is 17.8. The molecule has 132 valence electrons. The van der Waals surface area contributed by atoms with Gasteiger partial charge in [-0.3, -0.25) is 9.69 Å². The average Bonchev–Trinajstić information content (AvgIpc) is 2.63. The second-order valence-corrected chi connectivity index (χ2v) is 6.57. The van der Waals surface area contributed by atoms with Gasteiger partial charge in [0, 0.05) is 42.5 Å². The molecule has 25 heavy (non-hydrogen) atoms. The molecule has 1 fully saturated rings. The Labute approximate surface area is 148 Å². The number of nitrogen functional groups attached to an aromatic ring is 1. The lowest BCUT2D eigenvalue weighted by atomic mass is 9.88. The molecule has 0 bridgehead atoms. The summed E-state index contributed by atoms with van der Waals surface area (Å²) in [5, 5.41) is 0. The fourth-order valence-corrected chi connectivity index (χ4v) is 3.38. The molecule has 1 aliphatic rings. The number of nitrogens with zero attached hydrogens (tertiary/aromatic N) is 3. The van der Waals surface area contributed by atoms with Crippen molar-refractivity contribution >= 4 is 11.7 Å². The summed E-state index contributed by atoms with van der Waals surface area (Å²) >= 11 is 0. The second-order valence-electron chi connectivity index (χ2n) is 6.57. The molecule has 1 aromatic carbocycles. The van der Waals surface area contributed by atoms with Crippen molar-refractivity contribution in [3.8, 4) is 5.75 Å². The van der Waals surface area contributed by atoms with Crippen LogP contribution in [0, 0.1) is 12.8 Å². The van der Waals surface area contributed by atoms with Crippen LogP contribution in [0.4, 0.5) is 5.95 Å². The number of hydrogen-bond donors (Lipinski definition) is 1. The van der Waals surface area contributed by atoms with E-state index in [9.17, 15) is 4.79 Å². The maximum Gasteiger partial charge on any atom is 0.219 e. The van der Waals surface area contributed by atoms with E-state index >= 15 is 0 Å². The summed E-state index contributed by atoms with van der Waals surface area (Å²) in [6, 6.07) is 5.65. The molecular weight excluding hydrogens is 316 g/mol. The standard InChI is InChI=1S/C19H24N4O2/c1-13-8-16(25-2)5-6-17(13)18(24)15-4-3-7-23(12-15)11-14-9-21-19(20)22-10-14/h5-6,8-10,15H,3-4,7,11-12H2,1-2H3,(H2,20,21,22). The zero-order valence-corrected chi connectivity index (χ0v) is 14.7. The maximum absolute atomic E-state index is 13.0. The topological polar surface area (TPSA) is 81.3 Å². The van der Waals surface area contributed by atoms with E-state index in [-0.39, 0.29) is 17.6 Å². The number of nitrogens with two attached hydrogens (primary N) is 1. The van der Waals surface area contributed by atoms with Gasteiger partial charge in [-0.2, -0.15) is 0 Å². The van der Waals surface area contributed by atoms with Crippen molar-refractivity contribution < 1.29 is 9.53 Å². The summed E-state index contributed by atoms with van der Waals surface area (Å²) in [5.74, 6) is 1.31. The summed E-state index contributed by atoms with van der Waals surface area (Å²) in [7, 11) is 1.64. The maximum atomic E-state index is 13.0. The SMILES string of the molecule is COc1ccc(C(=O)C2CCCN(Cc3cnc(N)nc3)C2)c(C)c1. The third-order valence-corrected chi connectivity index (χ3v) is 4.71. The van der Waals surface area contributed by atoms with Gasteiger partial charge >= 0.3 is 0 Å². The predicted molar refractivity (Wildman–Crippen MR) is 96.5 cm³/mol.